The molecule has 3 rings (SSSR count). The monoisotopic (exact) mass is 346 g/mol. The van der Waals surface area contributed by atoms with Gasteiger partial charge < -0.3 is 9.80 Å². The van der Waals surface area contributed by atoms with Crippen molar-refractivity contribution in [2.45, 2.75) is 33.0 Å². The van der Waals surface area contributed by atoms with Crippen LogP contribution in [0.3, 0.4) is 0 Å². The summed E-state index contributed by atoms with van der Waals surface area (Å²) in [5, 5.41) is 0. The first kappa shape index (κ1) is 17.9. The van der Waals surface area contributed by atoms with Crippen molar-refractivity contribution in [2.75, 3.05) is 16.8 Å². The van der Waals surface area contributed by atoms with E-state index in [4.69, 9.17) is 4.98 Å². The van der Waals surface area contributed by atoms with Crippen LogP contribution in [0.15, 0.2) is 72.9 Å². The summed E-state index contributed by atoms with van der Waals surface area (Å²) in [5.74, 6) is 1.69. The van der Waals surface area contributed by atoms with E-state index in [0.29, 0.717) is 6.04 Å². The first-order valence-corrected chi connectivity index (χ1v) is 9.02. The minimum Gasteiger partial charge on any atom is -0.350 e. The Morgan fingerprint density at radius 2 is 1.38 bits per heavy atom. The molecule has 26 heavy (non-hydrogen) atoms. The van der Waals surface area contributed by atoms with Gasteiger partial charge in [-0.1, -0.05) is 60.7 Å². The Morgan fingerprint density at radius 1 is 0.808 bits per heavy atom. The van der Waals surface area contributed by atoms with E-state index in [9.17, 15) is 0 Å². The van der Waals surface area contributed by atoms with E-state index in [1.165, 1.54) is 11.1 Å². The Kier molecular flexibility index (Phi) is 5.84. The molecule has 0 aliphatic rings. The van der Waals surface area contributed by atoms with Gasteiger partial charge in [-0.3, -0.25) is 0 Å². The highest BCUT2D eigenvalue weighted by atomic mass is 15.3. The first-order valence-electron chi connectivity index (χ1n) is 9.02. The van der Waals surface area contributed by atoms with Crippen LogP contribution >= 0.6 is 0 Å². The van der Waals surface area contributed by atoms with Crippen LogP contribution in [0, 0.1) is 0 Å². The number of nitrogens with zero attached hydrogens (tertiary/aromatic N) is 4. The molecule has 1 heterocycles. The van der Waals surface area contributed by atoms with E-state index in [-0.39, 0.29) is 0 Å². The molecule has 0 aliphatic carbocycles. The summed E-state index contributed by atoms with van der Waals surface area (Å²) in [5.41, 5.74) is 2.52. The lowest BCUT2D eigenvalue weighted by molar-refractivity contribution is 0.670. The molecule has 0 fully saturated rings. The molecule has 0 spiro atoms. The van der Waals surface area contributed by atoms with E-state index in [2.05, 4.69) is 77.2 Å². The lowest BCUT2D eigenvalue weighted by Crippen LogP contribution is -2.31. The van der Waals surface area contributed by atoms with Crippen molar-refractivity contribution in [3.05, 3.63) is 84.1 Å². The van der Waals surface area contributed by atoms with Crippen molar-refractivity contribution < 1.29 is 0 Å². The molecule has 2 aromatic carbocycles. The molecule has 0 atom stereocenters. The largest absolute Gasteiger partial charge is 0.350 e. The summed E-state index contributed by atoms with van der Waals surface area (Å²) in [6.07, 6.45) is 1.85. The molecule has 0 saturated heterocycles. The Hall–Kier alpha value is -2.88. The highest BCUT2D eigenvalue weighted by Gasteiger charge is 2.15. The van der Waals surface area contributed by atoms with Gasteiger partial charge in [-0.15, -0.1) is 0 Å². The molecule has 0 aliphatic heterocycles. The summed E-state index contributed by atoms with van der Waals surface area (Å²) in [4.78, 5) is 13.7. The van der Waals surface area contributed by atoms with Crippen molar-refractivity contribution in [1.82, 2.24) is 9.97 Å². The minimum atomic E-state index is 0.345. The van der Waals surface area contributed by atoms with E-state index in [1.807, 2.05) is 31.4 Å². The number of benzene rings is 2. The number of rotatable bonds is 7. The quantitative estimate of drug-likeness (QED) is 0.629. The summed E-state index contributed by atoms with van der Waals surface area (Å²) < 4.78 is 0. The van der Waals surface area contributed by atoms with Gasteiger partial charge in [0, 0.05) is 32.4 Å². The van der Waals surface area contributed by atoms with Gasteiger partial charge in [0.15, 0.2) is 0 Å². The lowest BCUT2D eigenvalue weighted by atomic mass is 10.2. The fourth-order valence-electron chi connectivity index (χ4n) is 2.92. The Labute approximate surface area is 156 Å². The van der Waals surface area contributed by atoms with Crippen molar-refractivity contribution in [1.29, 1.82) is 0 Å². The Bertz CT molecular complexity index is 803. The Morgan fingerprint density at radius 3 is 1.96 bits per heavy atom. The van der Waals surface area contributed by atoms with Crippen LogP contribution in [0.4, 0.5) is 11.8 Å². The van der Waals surface area contributed by atoms with Crippen molar-refractivity contribution in [3.8, 4) is 0 Å². The van der Waals surface area contributed by atoms with Crippen molar-refractivity contribution in [2.24, 2.45) is 0 Å². The van der Waals surface area contributed by atoms with Crippen molar-refractivity contribution >= 4 is 11.8 Å². The Balaban J connectivity index is 1.79. The second-order valence-electron chi connectivity index (χ2n) is 6.76. The molecule has 0 unspecified atom stereocenters. The molecule has 0 radical (unpaired) electrons. The number of aromatic nitrogens is 2. The first-order chi connectivity index (χ1) is 12.6. The van der Waals surface area contributed by atoms with Gasteiger partial charge in [0.25, 0.3) is 0 Å². The van der Waals surface area contributed by atoms with E-state index in [1.54, 1.807) is 0 Å². The third-order valence-electron chi connectivity index (χ3n) is 4.35. The third kappa shape index (κ3) is 4.60. The highest BCUT2D eigenvalue weighted by Crippen LogP contribution is 2.20. The molecular formula is C22H26N4. The van der Waals surface area contributed by atoms with E-state index >= 15 is 0 Å². The molecule has 0 N–H and O–H groups in total. The molecule has 134 valence electrons. The van der Waals surface area contributed by atoms with Gasteiger partial charge in [-0.25, -0.2) is 4.98 Å². The SMILES string of the molecule is CC(C)N(Cc1ccccc1)c1ccnc(N(C)Cc2ccccc2)n1. The van der Waals surface area contributed by atoms with Crippen LogP contribution in [0.2, 0.25) is 0 Å². The lowest BCUT2D eigenvalue weighted by Gasteiger charge is -2.29. The predicted molar refractivity (Wildman–Crippen MR) is 108 cm³/mol. The maximum absolute atomic E-state index is 4.83. The summed E-state index contributed by atoms with van der Waals surface area (Å²) in [6.45, 7) is 6.00. The second kappa shape index (κ2) is 8.48. The standard InChI is InChI=1S/C22H26N4/c1-18(2)26(17-20-12-8-5-9-13-20)21-14-15-23-22(24-21)25(3)16-19-10-6-4-7-11-19/h4-15,18H,16-17H2,1-3H3. The van der Waals surface area contributed by atoms with Gasteiger partial charge in [-0.2, -0.15) is 4.98 Å². The number of hydrogen-bond acceptors (Lipinski definition) is 4. The maximum Gasteiger partial charge on any atom is 0.227 e. The average Bonchev–Trinajstić information content (AvgIpc) is 2.67. The topological polar surface area (TPSA) is 32.3 Å². The normalized spacial score (nSPS) is 10.8. The molecule has 0 amide bonds. The molecule has 1 aromatic heterocycles. The second-order valence-corrected chi connectivity index (χ2v) is 6.76. The van der Waals surface area contributed by atoms with Gasteiger partial charge in [-0.05, 0) is 31.0 Å². The number of anilines is 2. The van der Waals surface area contributed by atoms with Gasteiger partial charge in [0.05, 0.1) is 0 Å². The van der Waals surface area contributed by atoms with Crippen LogP contribution in [0.25, 0.3) is 0 Å². The fraction of sp³-hybridized carbons (Fsp3) is 0.273. The zero-order valence-corrected chi connectivity index (χ0v) is 15.7. The van der Waals surface area contributed by atoms with E-state index < -0.39 is 0 Å². The van der Waals surface area contributed by atoms with E-state index in [0.717, 1.165) is 24.9 Å². The number of hydrogen-bond donors (Lipinski definition) is 0. The smallest absolute Gasteiger partial charge is 0.227 e. The summed E-state index contributed by atoms with van der Waals surface area (Å²) in [6, 6.07) is 23.2. The highest BCUT2D eigenvalue weighted by molar-refractivity contribution is 5.45. The summed E-state index contributed by atoms with van der Waals surface area (Å²) >= 11 is 0. The molecule has 0 bridgehead atoms. The summed E-state index contributed by atoms with van der Waals surface area (Å²) in [7, 11) is 2.03. The maximum atomic E-state index is 4.83. The van der Waals surface area contributed by atoms with Gasteiger partial charge >= 0.3 is 0 Å². The van der Waals surface area contributed by atoms with Gasteiger partial charge in [0.1, 0.15) is 5.82 Å². The molecule has 3 aromatic rings. The zero-order chi connectivity index (χ0) is 18.4. The molecular weight excluding hydrogens is 320 g/mol. The molecule has 4 heteroatoms. The van der Waals surface area contributed by atoms with Crippen LogP contribution < -0.4 is 9.80 Å². The van der Waals surface area contributed by atoms with Crippen LogP contribution in [-0.2, 0) is 13.1 Å². The zero-order valence-electron chi connectivity index (χ0n) is 15.7. The molecule has 0 saturated carbocycles. The third-order valence-corrected chi connectivity index (χ3v) is 4.35. The van der Waals surface area contributed by atoms with Crippen LogP contribution in [0.5, 0.6) is 0 Å². The van der Waals surface area contributed by atoms with Crippen LogP contribution in [0.1, 0.15) is 25.0 Å². The molecule has 4 nitrogen and oxygen atoms in total. The minimum absolute atomic E-state index is 0.345. The van der Waals surface area contributed by atoms with Crippen LogP contribution in [-0.4, -0.2) is 23.1 Å². The van der Waals surface area contributed by atoms with Gasteiger partial charge in [0.2, 0.25) is 5.95 Å². The van der Waals surface area contributed by atoms with Crippen molar-refractivity contribution in [3.63, 3.8) is 0 Å². The average molecular weight is 346 g/mol. The fourth-order valence-corrected chi connectivity index (χ4v) is 2.92. The predicted octanol–water partition coefficient (Wildman–Crippen LogP) is 4.53.